The van der Waals surface area contributed by atoms with Gasteiger partial charge in [0.15, 0.2) is 16.3 Å². The van der Waals surface area contributed by atoms with Crippen LogP contribution in [0.25, 0.3) is 6.08 Å². The van der Waals surface area contributed by atoms with Crippen molar-refractivity contribution < 1.29 is 23.4 Å². The predicted octanol–water partition coefficient (Wildman–Crippen LogP) is 5.61. The number of carbonyl (C=O) groups is 1. The van der Waals surface area contributed by atoms with Gasteiger partial charge in [-0.3, -0.25) is 14.2 Å². The van der Waals surface area contributed by atoms with E-state index in [4.69, 9.17) is 19.2 Å². The fourth-order valence-corrected chi connectivity index (χ4v) is 6.36. The second kappa shape index (κ2) is 13.3. The van der Waals surface area contributed by atoms with Gasteiger partial charge in [-0.2, -0.15) is 0 Å². The second-order valence-electron chi connectivity index (χ2n) is 10.4. The Hall–Kier alpha value is -5.48. The number of methoxy groups -OCH3 is 2. The minimum atomic E-state index is -0.778. The van der Waals surface area contributed by atoms with E-state index < -0.39 is 6.04 Å². The Balaban J connectivity index is 1.47. The lowest BCUT2D eigenvalue weighted by molar-refractivity contribution is -0.113. The third-order valence-electron chi connectivity index (χ3n) is 7.55. The second-order valence-corrected chi connectivity index (χ2v) is 11.4. The van der Waals surface area contributed by atoms with Gasteiger partial charge in [-0.05, 0) is 55.0 Å². The highest BCUT2D eigenvalue weighted by Gasteiger charge is 2.33. The third-order valence-corrected chi connectivity index (χ3v) is 8.54. The maximum absolute atomic E-state index is 14.4. The van der Waals surface area contributed by atoms with Crippen molar-refractivity contribution in [3.05, 3.63) is 151 Å². The number of amides is 1. The smallest absolute Gasteiger partial charge is 0.271 e. The number of allylic oxidation sites excluding steroid dienone is 1. The Labute approximate surface area is 268 Å². The van der Waals surface area contributed by atoms with Crippen molar-refractivity contribution in [3.63, 3.8) is 0 Å². The first kappa shape index (κ1) is 30.5. The molecule has 0 fully saturated rings. The van der Waals surface area contributed by atoms with Crippen LogP contribution in [0.3, 0.4) is 0 Å². The van der Waals surface area contributed by atoms with E-state index in [1.807, 2.05) is 36.4 Å². The fraction of sp³-hybridized carbons (Fsp3) is 0.139. The first-order chi connectivity index (χ1) is 22.4. The topological polar surface area (TPSA) is 91.2 Å². The van der Waals surface area contributed by atoms with E-state index in [9.17, 15) is 14.0 Å². The fourth-order valence-electron chi connectivity index (χ4n) is 5.33. The van der Waals surface area contributed by atoms with Crippen LogP contribution in [0, 0.1) is 5.82 Å². The molecule has 10 heteroatoms. The van der Waals surface area contributed by atoms with Gasteiger partial charge in [0, 0.05) is 16.8 Å². The maximum Gasteiger partial charge on any atom is 0.271 e. The van der Waals surface area contributed by atoms with Crippen LogP contribution in [0.1, 0.15) is 29.7 Å². The van der Waals surface area contributed by atoms with E-state index in [-0.39, 0.29) is 23.9 Å². The number of hydrogen-bond donors (Lipinski definition) is 1. The van der Waals surface area contributed by atoms with Crippen LogP contribution in [0.15, 0.2) is 118 Å². The summed E-state index contributed by atoms with van der Waals surface area (Å²) in [4.78, 5) is 33.2. The summed E-state index contributed by atoms with van der Waals surface area (Å²) in [7, 11) is 3.08. The lowest BCUT2D eigenvalue weighted by Gasteiger charge is -2.25. The minimum absolute atomic E-state index is 0.0376. The highest BCUT2D eigenvalue weighted by molar-refractivity contribution is 7.07. The molecular weight excluding hydrogens is 605 g/mol. The summed E-state index contributed by atoms with van der Waals surface area (Å²) in [5.41, 5.74) is 2.75. The number of aromatic nitrogens is 1. The Morgan fingerprint density at radius 2 is 1.74 bits per heavy atom. The highest BCUT2D eigenvalue weighted by atomic mass is 32.1. The number of ether oxygens (including phenoxy) is 3. The van der Waals surface area contributed by atoms with E-state index in [1.54, 1.807) is 74.7 Å². The van der Waals surface area contributed by atoms with Gasteiger partial charge in [-0.25, -0.2) is 9.38 Å². The summed E-state index contributed by atoms with van der Waals surface area (Å²) >= 11 is 1.20. The van der Waals surface area contributed by atoms with Gasteiger partial charge in [-0.1, -0.05) is 72.0 Å². The molecule has 1 aliphatic rings. The molecule has 1 amide bonds. The van der Waals surface area contributed by atoms with Crippen LogP contribution < -0.4 is 34.4 Å². The van der Waals surface area contributed by atoms with E-state index >= 15 is 0 Å². The van der Waals surface area contributed by atoms with Crippen LogP contribution in [0.2, 0.25) is 0 Å². The number of benzene rings is 4. The molecule has 1 N–H and O–H groups in total. The molecule has 232 valence electrons. The zero-order valence-corrected chi connectivity index (χ0v) is 26.1. The van der Waals surface area contributed by atoms with E-state index in [0.717, 1.165) is 0 Å². The summed E-state index contributed by atoms with van der Waals surface area (Å²) in [6, 6.07) is 27.3. The Bertz CT molecular complexity index is 2140. The maximum atomic E-state index is 14.4. The van der Waals surface area contributed by atoms with Gasteiger partial charge < -0.3 is 19.5 Å². The minimum Gasteiger partial charge on any atom is -0.497 e. The molecule has 46 heavy (non-hydrogen) atoms. The van der Waals surface area contributed by atoms with Crippen molar-refractivity contribution in [2.75, 3.05) is 19.5 Å². The van der Waals surface area contributed by atoms with E-state index in [0.29, 0.717) is 60.2 Å². The van der Waals surface area contributed by atoms with Crippen molar-refractivity contribution in [1.29, 1.82) is 0 Å². The lowest BCUT2D eigenvalue weighted by atomic mass is 9.95. The van der Waals surface area contributed by atoms with Gasteiger partial charge in [0.25, 0.3) is 11.5 Å². The molecule has 1 atom stereocenters. The van der Waals surface area contributed by atoms with Crippen LogP contribution in [-0.2, 0) is 11.4 Å². The van der Waals surface area contributed by atoms with Crippen molar-refractivity contribution in [3.8, 4) is 17.2 Å². The first-order valence-electron chi connectivity index (χ1n) is 14.4. The van der Waals surface area contributed by atoms with Gasteiger partial charge in [-0.15, -0.1) is 0 Å². The molecular formula is C36H30FN3O5S. The van der Waals surface area contributed by atoms with Gasteiger partial charge in [0.05, 0.1) is 36.1 Å². The highest BCUT2D eigenvalue weighted by Crippen LogP contribution is 2.34. The number of anilines is 1. The molecule has 2 heterocycles. The van der Waals surface area contributed by atoms with Crippen LogP contribution in [-0.4, -0.2) is 24.7 Å². The molecule has 0 saturated heterocycles. The van der Waals surface area contributed by atoms with E-state index in [2.05, 4.69) is 5.32 Å². The van der Waals surface area contributed by atoms with Gasteiger partial charge in [0.1, 0.15) is 18.2 Å². The molecule has 0 spiro atoms. The number of carbonyl (C=O) groups excluding carboxylic acids is 1. The summed E-state index contributed by atoms with van der Waals surface area (Å²) in [5.74, 6) is 0.633. The molecule has 0 radical (unpaired) electrons. The van der Waals surface area contributed by atoms with Crippen molar-refractivity contribution in [2.45, 2.75) is 19.6 Å². The normalized spacial score (nSPS) is 14.3. The predicted molar refractivity (Wildman–Crippen MR) is 176 cm³/mol. The van der Waals surface area contributed by atoms with Gasteiger partial charge >= 0.3 is 0 Å². The zero-order valence-electron chi connectivity index (χ0n) is 25.3. The van der Waals surface area contributed by atoms with Crippen LogP contribution in [0.4, 0.5) is 10.1 Å². The quantitative estimate of drug-likeness (QED) is 0.228. The number of thiazole rings is 1. The SMILES string of the molecule is COc1cccc([C@H]2C(C(=O)Nc3ccccc3)=C(C)N=c3s/c(=C\c4cccc(OC)c4OCc4ccccc4F)c(=O)n32)c1. The standard InChI is InChI=1S/C36H30FN3O5S/c1-22-31(34(41)39-26-14-5-4-6-15-26)32(23-12-9-16-27(19-23)43-2)40-35(42)30(46-36(40)38-22)20-24-13-10-18-29(44-3)33(24)45-21-25-11-7-8-17-28(25)37/h4-20,32H,21H2,1-3H3,(H,39,41)/b30-20-/t32-/m0/s1. The van der Waals surface area contributed by atoms with E-state index in [1.165, 1.54) is 29.1 Å². The molecule has 0 aliphatic carbocycles. The molecule has 0 saturated carbocycles. The number of halogens is 1. The monoisotopic (exact) mass is 635 g/mol. The van der Waals surface area contributed by atoms with Gasteiger partial charge in [0.2, 0.25) is 0 Å². The Kier molecular flexibility index (Phi) is 8.80. The lowest BCUT2D eigenvalue weighted by Crippen LogP contribution is -2.40. The Morgan fingerprint density at radius 1 is 0.978 bits per heavy atom. The average molecular weight is 636 g/mol. The van der Waals surface area contributed by atoms with Crippen LogP contribution in [0.5, 0.6) is 17.2 Å². The number of hydrogen-bond acceptors (Lipinski definition) is 7. The Morgan fingerprint density at radius 3 is 2.50 bits per heavy atom. The van der Waals surface area contributed by atoms with Crippen molar-refractivity contribution >= 4 is 29.0 Å². The summed E-state index contributed by atoms with van der Waals surface area (Å²) in [6.07, 6.45) is 1.70. The largest absolute Gasteiger partial charge is 0.497 e. The number of fused-ring (bicyclic) bond motifs is 1. The average Bonchev–Trinajstić information content (AvgIpc) is 3.37. The molecule has 0 unspecified atom stereocenters. The molecule has 1 aromatic heterocycles. The summed E-state index contributed by atoms with van der Waals surface area (Å²) in [5, 5.41) is 2.95. The van der Waals surface area contributed by atoms with Crippen molar-refractivity contribution in [2.24, 2.45) is 4.99 Å². The number of para-hydroxylation sites is 2. The molecule has 4 aromatic carbocycles. The molecule has 8 nitrogen and oxygen atoms in total. The first-order valence-corrected chi connectivity index (χ1v) is 15.3. The third kappa shape index (κ3) is 6.07. The number of nitrogens with one attached hydrogen (secondary N) is 1. The summed E-state index contributed by atoms with van der Waals surface area (Å²) < 4.78 is 33.4. The molecule has 1 aliphatic heterocycles. The molecule has 0 bridgehead atoms. The van der Waals surface area contributed by atoms with Crippen molar-refractivity contribution in [1.82, 2.24) is 4.57 Å². The summed E-state index contributed by atoms with van der Waals surface area (Å²) in [6.45, 7) is 1.73. The number of rotatable bonds is 9. The number of nitrogens with zero attached hydrogens (tertiary/aromatic N) is 2. The van der Waals surface area contributed by atoms with Crippen LogP contribution >= 0.6 is 11.3 Å². The zero-order chi connectivity index (χ0) is 32.2. The molecule has 6 rings (SSSR count). The molecule has 5 aromatic rings.